The molecule has 16 heavy (non-hydrogen) atoms. The van der Waals surface area contributed by atoms with E-state index in [-0.39, 0.29) is 11.7 Å². The highest BCUT2D eigenvalue weighted by Crippen LogP contribution is 2.10. The Hall–Kier alpha value is -1.62. The van der Waals surface area contributed by atoms with Crippen LogP contribution in [0, 0.1) is 0 Å². The maximum absolute atomic E-state index is 11.8. The third-order valence-electron chi connectivity index (χ3n) is 2.09. The summed E-state index contributed by atoms with van der Waals surface area (Å²) in [4.78, 5) is 17.1. The number of rotatable bonds is 5. The molecule has 88 valence electrons. The molecule has 1 amide bonds. The molecule has 0 saturated carbocycles. The number of nitrogens with zero attached hydrogens (tertiary/aromatic N) is 2. The first-order valence-electron chi connectivity index (χ1n) is 5.12. The van der Waals surface area contributed by atoms with Crippen LogP contribution in [0.4, 0.5) is 0 Å². The van der Waals surface area contributed by atoms with E-state index in [9.17, 15) is 9.90 Å². The van der Waals surface area contributed by atoms with E-state index in [1.54, 1.807) is 7.05 Å². The van der Waals surface area contributed by atoms with Crippen LogP contribution >= 0.6 is 0 Å². The fraction of sp³-hybridized carbons (Fsp3) is 0.455. The van der Waals surface area contributed by atoms with Gasteiger partial charge in [0.15, 0.2) is 0 Å². The molecule has 1 aromatic heterocycles. The third-order valence-corrected chi connectivity index (χ3v) is 2.09. The summed E-state index contributed by atoms with van der Waals surface area (Å²) >= 11 is 0. The Morgan fingerprint density at radius 1 is 1.56 bits per heavy atom. The van der Waals surface area contributed by atoms with Crippen LogP contribution in [0.15, 0.2) is 18.5 Å². The zero-order chi connectivity index (χ0) is 12.0. The van der Waals surface area contributed by atoms with Crippen LogP contribution in [-0.2, 0) is 4.74 Å². The van der Waals surface area contributed by atoms with E-state index in [1.165, 1.54) is 23.4 Å². The smallest absolute Gasteiger partial charge is 0.255 e. The lowest BCUT2D eigenvalue weighted by atomic mass is 10.2. The summed E-state index contributed by atoms with van der Waals surface area (Å²) in [6.45, 7) is 3.56. The zero-order valence-electron chi connectivity index (χ0n) is 9.51. The van der Waals surface area contributed by atoms with Crippen LogP contribution < -0.4 is 0 Å². The lowest BCUT2D eigenvalue weighted by molar-refractivity contribution is 0.0709. The lowest BCUT2D eigenvalue weighted by Crippen LogP contribution is -2.30. The van der Waals surface area contributed by atoms with E-state index in [0.717, 1.165) is 0 Å². The van der Waals surface area contributed by atoms with Gasteiger partial charge in [0, 0.05) is 26.4 Å². The van der Waals surface area contributed by atoms with Crippen LogP contribution in [0.1, 0.15) is 17.3 Å². The van der Waals surface area contributed by atoms with Gasteiger partial charge >= 0.3 is 0 Å². The summed E-state index contributed by atoms with van der Waals surface area (Å²) < 4.78 is 5.16. The van der Waals surface area contributed by atoms with E-state index in [1.807, 2.05) is 6.92 Å². The molecule has 0 aliphatic rings. The first-order chi connectivity index (χ1) is 7.65. The minimum Gasteiger partial charge on any atom is -0.506 e. The SMILES string of the molecule is CCOCCN(C)C(=O)c1cncc(O)c1. The van der Waals surface area contributed by atoms with Gasteiger partial charge in [-0.2, -0.15) is 0 Å². The van der Waals surface area contributed by atoms with E-state index < -0.39 is 0 Å². The molecule has 0 radical (unpaired) electrons. The van der Waals surface area contributed by atoms with Gasteiger partial charge in [-0.15, -0.1) is 0 Å². The predicted octanol–water partition coefficient (Wildman–Crippen LogP) is 0.896. The fourth-order valence-corrected chi connectivity index (χ4v) is 1.21. The molecule has 1 aromatic rings. The summed E-state index contributed by atoms with van der Waals surface area (Å²) in [5.74, 6) is -0.188. The van der Waals surface area contributed by atoms with Crippen molar-refractivity contribution in [3.63, 3.8) is 0 Å². The molecular weight excluding hydrogens is 208 g/mol. The molecular formula is C11H16N2O3. The minimum absolute atomic E-state index is 0.0101. The van der Waals surface area contributed by atoms with Crippen LogP contribution in [0.5, 0.6) is 5.75 Å². The number of pyridine rings is 1. The quantitative estimate of drug-likeness (QED) is 0.755. The molecule has 5 heteroatoms. The van der Waals surface area contributed by atoms with E-state index in [0.29, 0.717) is 25.3 Å². The van der Waals surface area contributed by atoms with E-state index in [2.05, 4.69) is 4.98 Å². The van der Waals surface area contributed by atoms with Crippen LogP contribution in [0.25, 0.3) is 0 Å². The van der Waals surface area contributed by atoms with E-state index in [4.69, 9.17) is 4.74 Å². The summed E-state index contributed by atoms with van der Waals surface area (Å²) in [6.07, 6.45) is 2.72. The van der Waals surface area contributed by atoms with E-state index >= 15 is 0 Å². The Morgan fingerprint density at radius 2 is 2.31 bits per heavy atom. The number of hydrogen-bond acceptors (Lipinski definition) is 4. The summed E-state index contributed by atoms with van der Waals surface area (Å²) in [6, 6.07) is 1.40. The number of aromatic hydroxyl groups is 1. The minimum atomic E-state index is -0.178. The monoisotopic (exact) mass is 224 g/mol. The molecule has 0 fully saturated rings. The predicted molar refractivity (Wildman–Crippen MR) is 59.4 cm³/mol. The van der Waals surface area contributed by atoms with Gasteiger partial charge < -0.3 is 14.7 Å². The lowest BCUT2D eigenvalue weighted by Gasteiger charge is -2.16. The first kappa shape index (κ1) is 12.4. The molecule has 1 rings (SSSR count). The number of likely N-dealkylation sites (N-methyl/N-ethyl adjacent to an activating group) is 1. The topological polar surface area (TPSA) is 62.7 Å². The molecule has 0 aromatic carbocycles. The number of aromatic nitrogens is 1. The number of carbonyl (C=O) groups excluding carboxylic acids is 1. The van der Waals surface area contributed by atoms with Crippen LogP contribution in [0.2, 0.25) is 0 Å². The van der Waals surface area contributed by atoms with Crippen LogP contribution in [0.3, 0.4) is 0 Å². The molecule has 0 saturated heterocycles. The van der Waals surface area contributed by atoms with Gasteiger partial charge in [0.1, 0.15) is 5.75 Å². The van der Waals surface area contributed by atoms with Crippen molar-refractivity contribution in [2.24, 2.45) is 0 Å². The second kappa shape index (κ2) is 6.07. The second-order valence-electron chi connectivity index (χ2n) is 3.36. The summed E-state index contributed by atoms with van der Waals surface area (Å²) in [5, 5.41) is 9.20. The molecule has 1 heterocycles. The third kappa shape index (κ3) is 3.51. The van der Waals surface area contributed by atoms with Crippen molar-refractivity contribution in [2.45, 2.75) is 6.92 Å². The Labute approximate surface area is 94.7 Å². The zero-order valence-corrected chi connectivity index (χ0v) is 9.51. The average Bonchev–Trinajstić information content (AvgIpc) is 2.28. The molecule has 0 bridgehead atoms. The molecule has 5 nitrogen and oxygen atoms in total. The Balaban J connectivity index is 2.56. The summed E-state index contributed by atoms with van der Waals surface area (Å²) in [5.41, 5.74) is 0.374. The maximum atomic E-state index is 11.8. The molecule has 0 spiro atoms. The van der Waals surface area contributed by atoms with Gasteiger partial charge in [-0.05, 0) is 13.0 Å². The first-order valence-corrected chi connectivity index (χ1v) is 5.12. The number of carbonyl (C=O) groups is 1. The number of ether oxygens (including phenoxy) is 1. The molecule has 1 N–H and O–H groups in total. The van der Waals surface area contributed by atoms with Crippen molar-refractivity contribution in [3.05, 3.63) is 24.0 Å². The van der Waals surface area contributed by atoms with Crippen molar-refractivity contribution < 1.29 is 14.6 Å². The van der Waals surface area contributed by atoms with Crippen LogP contribution in [-0.4, -0.2) is 47.7 Å². The fourth-order valence-electron chi connectivity index (χ4n) is 1.21. The van der Waals surface area contributed by atoms with Gasteiger partial charge in [-0.3, -0.25) is 9.78 Å². The van der Waals surface area contributed by atoms with Gasteiger partial charge in [-0.1, -0.05) is 0 Å². The molecule has 0 aliphatic carbocycles. The molecule has 0 aliphatic heterocycles. The van der Waals surface area contributed by atoms with Gasteiger partial charge in [-0.25, -0.2) is 0 Å². The average molecular weight is 224 g/mol. The highest BCUT2D eigenvalue weighted by molar-refractivity contribution is 5.94. The number of amides is 1. The number of hydrogen-bond donors (Lipinski definition) is 1. The second-order valence-corrected chi connectivity index (χ2v) is 3.36. The molecule has 0 unspecified atom stereocenters. The van der Waals surface area contributed by atoms with Crippen molar-refractivity contribution in [2.75, 3.05) is 26.8 Å². The standard InChI is InChI=1S/C11H16N2O3/c1-3-16-5-4-13(2)11(15)9-6-10(14)8-12-7-9/h6-8,14H,3-5H2,1-2H3. The normalized spacial score (nSPS) is 10.1. The van der Waals surface area contributed by atoms with Gasteiger partial charge in [0.25, 0.3) is 5.91 Å². The Morgan fingerprint density at radius 3 is 2.94 bits per heavy atom. The Kier molecular flexibility index (Phi) is 4.72. The van der Waals surface area contributed by atoms with Crippen molar-refractivity contribution in [1.82, 2.24) is 9.88 Å². The van der Waals surface area contributed by atoms with Gasteiger partial charge in [0.05, 0.1) is 18.4 Å². The van der Waals surface area contributed by atoms with Crippen molar-refractivity contribution >= 4 is 5.91 Å². The maximum Gasteiger partial charge on any atom is 0.255 e. The highest BCUT2D eigenvalue weighted by Gasteiger charge is 2.11. The van der Waals surface area contributed by atoms with Crippen molar-refractivity contribution in [1.29, 1.82) is 0 Å². The largest absolute Gasteiger partial charge is 0.506 e. The summed E-state index contributed by atoms with van der Waals surface area (Å²) in [7, 11) is 1.69. The van der Waals surface area contributed by atoms with Gasteiger partial charge in [0.2, 0.25) is 0 Å². The molecule has 0 atom stereocenters. The Bertz CT molecular complexity index is 355. The van der Waals surface area contributed by atoms with Crippen molar-refractivity contribution in [3.8, 4) is 5.75 Å². The highest BCUT2D eigenvalue weighted by atomic mass is 16.5.